The number of benzene rings is 1. The lowest BCUT2D eigenvalue weighted by Gasteiger charge is -2.08. The molecule has 0 aliphatic carbocycles. The molecule has 1 aromatic heterocycles. The van der Waals surface area contributed by atoms with Crippen molar-refractivity contribution < 1.29 is 30.7 Å². The molecule has 25 heavy (non-hydrogen) atoms. The first-order valence-electron chi connectivity index (χ1n) is 7.21. The zero-order chi connectivity index (χ0) is 19.1. The van der Waals surface area contributed by atoms with Crippen LogP contribution in [0.1, 0.15) is 12.1 Å². The lowest BCUT2D eigenvalue weighted by molar-refractivity contribution is -0.698. The van der Waals surface area contributed by atoms with Crippen molar-refractivity contribution in [3.05, 3.63) is 54.9 Å². The quantitative estimate of drug-likeness (QED) is 0.256. The number of aromatic nitrogens is 1. The third-order valence-electron chi connectivity index (χ3n) is 3.25. The monoisotopic (exact) mass is 395 g/mol. The van der Waals surface area contributed by atoms with Crippen LogP contribution in [0.4, 0.5) is 13.2 Å². The Kier molecular flexibility index (Phi) is 7.85. The fourth-order valence-corrected chi connectivity index (χ4v) is 2.32. The van der Waals surface area contributed by atoms with Crippen LogP contribution in [0.5, 0.6) is 0 Å². The Bertz CT molecular complexity index is 823. The smallest absolute Gasteiger partial charge is 0.485 e. The number of fused-ring (bicyclic) bond motifs is 1. The molecule has 138 valence electrons. The minimum Gasteiger partial charge on any atom is -0.741 e. The number of rotatable bonds is 5. The second kappa shape index (κ2) is 9.17. The maximum Gasteiger partial charge on any atom is 0.485 e. The fourth-order valence-electron chi connectivity index (χ4n) is 2.14. The van der Waals surface area contributed by atoms with Gasteiger partial charge in [0, 0.05) is 17.9 Å². The van der Waals surface area contributed by atoms with Crippen LogP contribution >= 0.6 is 11.6 Å². The van der Waals surface area contributed by atoms with Gasteiger partial charge in [-0.25, -0.2) is 13.0 Å². The molecule has 2 rings (SSSR count). The molecule has 4 nitrogen and oxygen atoms in total. The van der Waals surface area contributed by atoms with Gasteiger partial charge in [0.25, 0.3) is 0 Å². The summed E-state index contributed by atoms with van der Waals surface area (Å²) < 4.78 is 61.2. The van der Waals surface area contributed by atoms with Gasteiger partial charge in [-0.15, -0.1) is 18.2 Å². The molecule has 0 bridgehead atoms. The molecule has 0 saturated heterocycles. The zero-order valence-corrected chi connectivity index (χ0v) is 14.7. The van der Waals surface area contributed by atoms with Crippen LogP contribution in [0, 0.1) is 0 Å². The van der Waals surface area contributed by atoms with Crippen LogP contribution in [0.3, 0.4) is 0 Å². The van der Waals surface area contributed by atoms with E-state index in [1.165, 1.54) is 16.5 Å². The van der Waals surface area contributed by atoms with Crippen LogP contribution in [-0.4, -0.2) is 24.4 Å². The van der Waals surface area contributed by atoms with E-state index in [0.717, 1.165) is 19.4 Å². The SMILES string of the molecule is C=CCCc1c2ccccc2cc[n+]1CCCl.O=S(=O)([O-])C(F)(F)F. The lowest BCUT2D eigenvalue weighted by atomic mass is 10.1. The maximum atomic E-state index is 10.7. The van der Waals surface area contributed by atoms with Crippen LogP contribution in [-0.2, 0) is 23.1 Å². The van der Waals surface area contributed by atoms with E-state index in [4.69, 9.17) is 24.6 Å². The summed E-state index contributed by atoms with van der Waals surface area (Å²) in [6.45, 7) is 4.66. The van der Waals surface area contributed by atoms with Gasteiger partial charge in [0.1, 0.15) is 0 Å². The average Bonchev–Trinajstić information content (AvgIpc) is 2.52. The Labute approximate surface area is 149 Å². The molecule has 0 spiro atoms. The Morgan fingerprint density at radius 2 is 1.84 bits per heavy atom. The third-order valence-corrected chi connectivity index (χ3v) is 3.98. The molecule has 0 fully saturated rings. The molecule has 0 aliphatic rings. The van der Waals surface area contributed by atoms with Crippen molar-refractivity contribution >= 4 is 32.5 Å². The number of allylic oxidation sites excluding steroid dienone is 1. The highest BCUT2D eigenvalue weighted by Gasteiger charge is 2.36. The summed E-state index contributed by atoms with van der Waals surface area (Å²) in [5.41, 5.74) is -4.30. The molecule has 0 aliphatic heterocycles. The van der Waals surface area contributed by atoms with Crippen molar-refractivity contribution in [3.8, 4) is 0 Å². The highest BCUT2D eigenvalue weighted by atomic mass is 35.5. The molecular weight excluding hydrogens is 379 g/mol. The van der Waals surface area contributed by atoms with E-state index < -0.39 is 15.6 Å². The lowest BCUT2D eigenvalue weighted by Crippen LogP contribution is -2.39. The molecule has 1 heterocycles. The molecule has 0 atom stereocenters. The van der Waals surface area contributed by atoms with E-state index in [1.807, 2.05) is 6.08 Å². The van der Waals surface area contributed by atoms with Crippen LogP contribution in [0.2, 0.25) is 0 Å². The second-order valence-corrected chi connectivity index (χ2v) is 6.71. The molecule has 0 radical (unpaired) electrons. The predicted molar refractivity (Wildman–Crippen MR) is 89.1 cm³/mol. The summed E-state index contributed by atoms with van der Waals surface area (Å²) in [6, 6.07) is 10.6. The zero-order valence-electron chi connectivity index (χ0n) is 13.2. The minimum absolute atomic E-state index is 0.643. The van der Waals surface area contributed by atoms with Crippen LogP contribution < -0.4 is 4.57 Å². The topological polar surface area (TPSA) is 61.1 Å². The van der Waals surface area contributed by atoms with Gasteiger partial charge < -0.3 is 4.55 Å². The molecular formula is C16H17ClF3NO3S. The summed E-state index contributed by atoms with van der Waals surface area (Å²) >= 11 is 5.85. The van der Waals surface area contributed by atoms with Gasteiger partial charge in [0.2, 0.25) is 0 Å². The summed E-state index contributed by atoms with van der Waals surface area (Å²) in [6.07, 6.45) is 6.11. The first kappa shape index (κ1) is 21.4. The fraction of sp³-hybridized carbons (Fsp3) is 0.312. The summed E-state index contributed by atoms with van der Waals surface area (Å²) in [4.78, 5) is 0. The third kappa shape index (κ3) is 6.30. The summed E-state index contributed by atoms with van der Waals surface area (Å²) in [5.74, 6) is 0.643. The van der Waals surface area contributed by atoms with E-state index in [-0.39, 0.29) is 0 Å². The Morgan fingerprint density at radius 3 is 2.36 bits per heavy atom. The molecule has 0 N–H and O–H groups in total. The van der Waals surface area contributed by atoms with Gasteiger partial charge in [-0.05, 0) is 17.9 Å². The largest absolute Gasteiger partial charge is 0.741 e. The van der Waals surface area contributed by atoms with Gasteiger partial charge in [-0.3, -0.25) is 0 Å². The molecule has 1 aromatic carbocycles. The van der Waals surface area contributed by atoms with Gasteiger partial charge in [-0.2, -0.15) is 13.2 Å². The highest BCUT2D eigenvalue weighted by molar-refractivity contribution is 7.86. The average molecular weight is 396 g/mol. The first-order chi connectivity index (χ1) is 11.6. The van der Waals surface area contributed by atoms with Gasteiger partial charge in [0.05, 0.1) is 5.88 Å². The Hall–Kier alpha value is -1.64. The number of nitrogens with zero attached hydrogens (tertiary/aromatic N) is 1. The minimum atomic E-state index is -6.09. The van der Waals surface area contributed by atoms with E-state index in [1.54, 1.807) is 0 Å². The van der Waals surface area contributed by atoms with E-state index in [9.17, 15) is 13.2 Å². The predicted octanol–water partition coefficient (Wildman–Crippen LogP) is 3.54. The molecule has 2 aromatic rings. The second-order valence-electron chi connectivity index (χ2n) is 4.96. The van der Waals surface area contributed by atoms with Crippen LogP contribution in [0.25, 0.3) is 10.8 Å². The van der Waals surface area contributed by atoms with Crippen molar-refractivity contribution in [1.82, 2.24) is 0 Å². The Balaban J connectivity index is 0.000000333. The van der Waals surface area contributed by atoms with Crippen molar-refractivity contribution in [2.75, 3.05) is 5.88 Å². The highest BCUT2D eigenvalue weighted by Crippen LogP contribution is 2.20. The van der Waals surface area contributed by atoms with Crippen molar-refractivity contribution in [2.45, 2.75) is 24.9 Å². The van der Waals surface area contributed by atoms with E-state index in [0.29, 0.717) is 5.88 Å². The summed E-state index contributed by atoms with van der Waals surface area (Å²) in [7, 11) is -6.09. The number of halogens is 4. The standard InChI is InChI=1S/C15H17ClN.CHF3O3S/c1-2-3-8-15-14-7-5-4-6-13(14)9-11-17(15)12-10-16;2-1(3,4)8(5,6)7/h2,4-7,9,11H,1,3,8,10,12H2;(H,5,6,7)/q+1;/p-1. The van der Waals surface area contributed by atoms with E-state index in [2.05, 4.69) is 47.7 Å². The summed E-state index contributed by atoms with van der Waals surface area (Å²) in [5, 5.41) is 2.61. The van der Waals surface area contributed by atoms with E-state index >= 15 is 0 Å². The maximum absolute atomic E-state index is 10.7. The normalized spacial score (nSPS) is 11.7. The van der Waals surface area contributed by atoms with Gasteiger partial charge in [0.15, 0.2) is 28.6 Å². The molecule has 0 unspecified atom stereocenters. The molecule has 0 saturated carbocycles. The number of aryl methyl sites for hydroxylation is 2. The van der Waals surface area contributed by atoms with Crippen molar-refractivity contribution in [3.63, 3.8) is 0 Å². The number of hydrogen-bond acceptors (Lipinski definition) is 3. The van der Waals surface area contributed by atoms with Gasteiger partial charge in [-0.1, -0.05) is 24.3 Å². The van der Waals surface area contributed by atoms with Crippen molar-refractivity contribution in [1.29, 1.82) is 0 Å². The number of hydrogen-bond donors (Lipinski definition) is 0. The molecule has 9 heteroatoms. The van der Waals surface area contributed by atoms with Gasteiger partial charge >= 0.3 is 5.51 Å². The first-order valence-corrected chi connectivity index (χ1v) is 9.15. The van der Waals surface area contributed by atoms with Crippen molar-refractivity contribution in [2.24, 2.45) is 0 Å². The number of alkyl halides is 4. The molecule has 0 amide bonds. The Morgan fingerprint density at radius 1 is 1.24 bits per heavy atom. The number of pyridine rings is 1. The van der Waals surface area contributed by atoms with Crippen LogP contribution in [0.15, 0.2) is 49.2 Å².